The zero-order valence-electron chi connectivity index (χ0n) is 16.0. The van der Waals surface area contributed by atoms with Gasteiger partial charge in [-0.05, 0) is 56.5 Å². The van der Waals surface area contributed by atoms with Gasteiger partial charge in [0.25, 0.3) is 0 Å². The molecule has 29 heavy (non-hydrogen) atoms. The number of benzene rings is 2. The molecule has 0 aliphatic heterocycles. The first kappa shape index (κ1) is 19.9. The molecule has 0 radical (unpaired) electrons. The predicted octanol–water partition coefficient (Wildman–Crippen LogP) is 5.50. The average molecular weight is 431 g/mol. The molecule has 0 saturated heterocycles. The van der Waals surface area contributed by atoms with Gasteiger partial charge in [0.1, 0.15) is 5.82 Å². The molecule has 1 aromatic heterocycles. The van der Waals surface area contributed by atoms with Gasteiger partial charge in [-0.15, -0.1) is 10.2 Å². The van der Waals surface area contributed by atoms with E-state index in [1.54, 1.807) is 30.3 Å². The first-order chi connectivity index (χ1) is 14.0. The SMILES string of the molecule is Cc1c(Cl)cccc1NC(=O)C(C)Sc1nnc(-c2ccccc2F)n1C1CC1. The number of hydrogen-bond donors (Lipinski definition) is 1. The summed E-state index contributed by atoms with van der Waals surface area (Å²) in [5, 5.41) is 12.2. The van der Waals surface area contributed by atoms with Crippen molar-refractivity contribution in [2.24, 2.45) is 0 Å². The number of aromatic nitrogens is 3. The van der Waals surface area contributed by atoms with E-state index in [2.05, 4.69) is 15.5 Å². The highest BCUT2D eigenvalue weighted by molar-refractivity contribution is 8.00. The Morgan fingerprint density at radius 2 is 2.00 bits per heavy atom. The second kappa shape index (κ2) is 8.16. The number of hydrogen-bond acceptors (Lipinski definition) is 4. The molecule has 0 spiro atoms. The summed E-state index contributed by atoms with van der Waals surface area (Å²) in [6.45, 7) is 3.68. The monoisotopic (exact) mass is 430 g/mol. The van der Waals surface area contributed by atoms with Gasteiger partial charge in [-0.3, -0.25) is 9.36 Å². The van der Waals surface area contributed by atoms with Crippen LogP contribution in [0.5, 0.6) is 0 Å². The fourth-order valence-electron chi connectivity index (χ4n) is 3.03. The summed E-state index contributed by atoms with van der Waals surface area (Å²) in [5.41, 5.74) is 1.93. The molecular weight excluding hydrogens is 411 g/mol. The number of thioether (sulfide) groups is 1. The van der Waals surface area contributed by atoms with Crippen molar-refractivity contribution in [3.05, 3.63) is 58.9 Å². The summed E-state index contributed by atoms with van der Waals surface area (Å²) < 4.78 is 16.2. The van der Waals surface area contributed by atoms with Gasteiger partial charge in [0.05, 0.1) is 10.8 Å². The summed E-state index contributed by atoms with van der Waals surface area (Å²) in [4.78, 5) is 12.7. The van der Waals surface area contributed by atoms with Gasteiger partial charge < -0.3 is 5.32 Å². The van der Waals surface area contributed by atoms with E-state index in [4.69, 9.17) is 11.6 Å². The molecule has 2 aromatic carbocycles. The third-order valence-electron chi connectivity index (χ3n) is 4.87. The predicted molar refractivity (Wildman–Crippen MR) is 114 cm³/mol. The molecule has 4 rings (SSSR count). The Morgan fingerprint density at radius 3 is 2.72 bits per heavy atom. The molecule has 1 heterocycles. The Balaban J connectivity index is 1.56. The van der Waals surface area contributed by atoms with Crippen LogP contribution in [0.4, 0.5) is 10.1 Å². The quantitative estimate of drug-likeness (QED) is 0.524. The number of nitrogens with zero attached hydrogens (tertiary/aromatic N) is 3. The topological polar surface area (TPSA) is 59.8 Å². The molecule has 150 valence electrons. The fraction of sp³-hybridized carbons (Fsp3) is 0.286. The summed E-state index contributed by atoms with van der Waals surface area (Å²) in [7, 11) is 0. The smallest absolute Gasteiger partial charge is 0.237 e. The van der Waals surface area contributed by atoms with Crippen LogP contribution in [0, 0.1) is 12.7 Å². The van der Waals surface area contributed by atoms with Crippen LogP contribution in [-0.4, -0.2) is 25.9 Å². The number of carbonyl (C=O) groups excluding carboxylic acids is 1. The molecule has 0 bridgehead atoms. The van der Waals surface area contributed by atoms with Crippen LogP contribution < -0.4 is 5.32 Å². The largest absolute Gasteiger partial charge is 0.325 e. The van der Waals surface area contributed by atoms with Crippen LogP contribution >= 0.6 is 23.4 Å². The van der Waals surface area contributed by atoms with Crippen molar-refractivity contribution in [2.75, 3.05) is 5.32 Å². The number of rotatable bonds is 6. The zero-order valence-corrected chi connectivity index (χ0v) is 17.6. The summed E-state index contributed by atoms with van der Waals surface area (Å²) in [6, 6.07) is 12.2. The van der Waals surface area contributed by atoms with Gasteiger partial charge in [-0.2, -0.15) is 0 Å². The normalized spacial score (nSPS) is 14.6. The minimum atomic E-state index is -0.413. The first-order valence-electron chi connectivity index (χ1n) is 9.38. The van der Waals surface area contributed by atoms with Crippen molar-refractivity contribution >= 4 is 35.0 Å². The van der Waals surface area contributed by atoms with E-state index < -0.39 is 5.25 Å². The Morgan fingerprint density at radius 1 is 1.24 bits per heavy atom. The maximum atomic E-state index is 14.3. The van der Waals surface area contributed by atoms with E-state index in [0.29, 0.717) is 27.3 Å². The molecular formula is C21H20ClFN4OS. The molecule has 1 saturated carbocycles. The molecule has 5 nitrogen and oxygen atoms in total. The highest BCUT2D eigenvalue weighted by Crippen LogP contribution is 2.42. The van der Waals surface area contributed by atoms with E-state index in [1.165, 1.54) is 17.8 Å². The third kappa shape index (κ3) is 4.16. The molecule has 1 aliphatic carbocycles. The van der Waals surface area contributed by atoms with Crippen molar-refractivity contribution in [1.82, 2.24) is 14.8 Å². The Bertz CT molecular complexity index is 1070. The fourth-order valence-corrected chi connectivity index (χ4v) is 4.13. The highest BCUT2D eigenvalue weighted by atomic mass is 35.5. The molecule has 1 aliphatic rings. The van der Waals surface area contributed by atoms with Gasteiger partial charge in [-0.25, -0.2) is 4.39 Å². The van der Waals surface area contributed by atoms with Crippen molar-refractivity contribution in [1.29, 1.82) is 0 Å². The molecule has 1 amide bonds. The minimum absolute atomic E-state index is 0.154. The van der Waals surface area contributed by atoms with Crippen molar-refractivity contribution in [3.8, 4) is 11.4 Å². The van der Waals surface area contributed by atoms with Crippen LogP contribution in [0.3, 0.4) is 0 Å². The Labute approximate surface area is 177 Å². The van der Waals surface area contributed by atoms with Crippen LogP contribution in [0.15, 0.2) is 47.6 Å². The van der Waals surface area contributed by atoms with E-state index in [-0.39, 0.29) is 17.8 Å². The summed E-state index contributed by atoms with van der Waals surface area (Å²) in [5.74, 6) is 0.0186. The van der Waals surface area contributed by atoms with Gasteiger partial charge in [0, 0.05) is 16.8 Å². The number of halogens is 2. The van der Waals surface area contributed by atoms with Gasteiger partial charge in [-0.1, -0.05) is 41.6 Å². The molecule has 8 heteroatoms. The standard InChI is InChI=1S/C21H20ClFN4OS/c1-12-16(22)7-5-9-18(12)24-20(28)13(2)29-21-26-25-19(27(21)14-10-11-14)15-6-3-4-8-17(15)23/h3-9,13-14H,10-11H2,1-2H3,(H,24,28). The summed E-state index contributed by atoms with van der Waals surface area (Å²) in [6.07, 6.45) is 1.99. The lowest BCUT2D eigenvalue weighted by Crippen LogP contribution is -2.23. The highest BCUT2D eigenvalue weighted by Gasteiger charge is 2.32. The number of amides is 1. The molecule has 3 aromatic rings. The van der Waals surface area contributed by atoms with Crippen LogP contribution in [0.25, 0.3) is 11.4 Å². The Kier molecular flexibility index (Phi) is 5.61. The van der Waals surface area contributed by atoms with Gasteiger partial charge >= 0.3 is 0 Å². The number of nitrogens with one attached hydrogen (secondary N) is 1. The second-order valence-corrected chi connectivity index (χ2v) is 8.76. The van der Waals surface area contributed by atoms with Crippen LogP contribution in [-0.2, 0) is 4.79 Å². The molecule has 1 unspecified atom stereocenters. The van der Waals surface area contributed by atoms with Crippen molar-refractivity contribution < 1.29 is 9.18 Å². The lowest BCUT2D eigenvalue weighted by molar-refractivity contribution is -0.115. The zero-order chi connectivity index (χ0) is 20.5. The van der Waals surface area contributed by atoms with E-state index >= 15 is 0 Å². The van der Waals surface area contributed by atoms with Gasteiger partial charge in [0.2, 0.25) is 5.91 Å². The lowest BCUT2D eigenvalue weighted by Gasteiger charge is -2.15. The van der Waals surface area contributed by atoms with E-state index in [1.807, 2.05) is 24.5 Å². The van der Waals surface area contributed by atoms with E-state index in [0.717, 1.165) is 18.4 Å². The van der Waals surface area contributed by atoms with Gasteiger partial charge in [0.15, 0.2) is 11.0 Å². The number of carbonyl (C=O) groups is 1. The molecule has 1 N–H and O–H groups in total. The second-order valence-electron chi connectivity index (χ2n) is 7.05. The lowest BCUT2D eigenvalue weighted by atomic mass is 10.2. The Hall–Kier alpha value is -2.38. The van der Waals surface area contributed by atoms with Crippen LogP contribution in [0.2, 0.25) is 5.02 Å². The summed E-state index contributed by atoms with van der Waals surface area (Å²) >= 11 is 7.45. The molecule has 1 fully saturated rings. The van der Waals surface area contributed by atoms with Crippen molar-refractivity contribution in [3.63, 3.8) is 0 Å². The van der Waals surface area contributed by atoms with Crippen LogP contribution in [0.1, 0.15) is 31.4 Å². The maximum absolute atomic E-state index is 14.3. The molecule has 1 atom stereocenters. The minimum Gasteiger partial charge on any atom is -0.325 e. The average Bonchev–Trinajstić information content (AvgIpc) is 3.46. The first-order valence-corrected chi connectivity index (χ1v) is 10.6. The van der Waals surface area contributed by atoms with Crippen molar-refractivity contribution in [2.45, 2.75) is 43.1 Å². The number of anilines is 1. The van der Waals surface area contributed by atoms with E-state index in [9.17, 15) is 9.18 Å². The maximum Gasteiger partial charge on any atom is 0.237 e. The third-order valence-corrected chi connectivity index (χ3v) is 6.33.